The molecule has 2 aromatic carbocycles. The van der Waals surface area contributed by atoms with Gasteiger partial charge in [-0.05, 0) is 35.1 Å². The Kier molecular flexibility index (Phi) is 3.74. The fraction of sp³-hybridized carbons (Fsp3) is 0.250. The van der Waals surface area contributed by atoms with Crippen molar-refractivity contribution in [3.63, 3.8) is 0 Å². The average molecular weight is 274 g/mol. The minimum absolute atomic E-state index is 0.0126. The molecule has 0 radical (unpaired) electrons. The van der Waals surface area contributed by atoms with Gasteiger partial charge in [0.25, 0.3) is 0 Å². The van der Waals surface area contributed by atoms with Crippen LogP contribution in [0, 0.1) is 0 Å². The lowest BCUT2D eigenvalue weighted by Gasteiger charge is -2.22. The largest absolute Gasteiger partial charge is 0.508 e. The predicted molar refractivity (Wildman–Crippen MR) is 76.4 cm³/mol. The van der Waals surface area contributed by atoms with Gasteiger partial charge < -0.3 is 20.4 Å². The molecule has 0 aliphatic rings. The summed E-state index contributed by atoms with van der Waals surface area (Å²) in [5.74, 6) is -0.0421. The van der Waals surface area contributed by atoms with Crippen LogP contribution in [0.5, 0.6) is 23.0 Å². The summed E-state index contributed by atoms with van der Waals surface area (Å²) in [6.07, 6.45) is 0. The molecule has 0 fully saturated rings. The van der Waals surface area contributed by atoms with E-state index in [1.165, 1.54) is 24.3 Å². The maximum absolute atomic E-state index is 9.91. The standard InChI is InChI=1S/C16H18O4/c1-9(13-5-3-11(17)7-15(13)19)10(2)14-6-4-12(18)8-16(14)20/h3-10,17-20H,1-2H3/t9-,10-/m1/s1. The Balaban J connectivity index is 2.34. The SMILES string of the molecule is C[C@@H](c1ccc(O)cc1O)[C@@H](C)c1ccc(O)cc1O. The Labute approximate surface area is 117 Å². The van der Waals surface area contributed by atoms with Gasteiger partial charge in [-0.25, -0.2) is 0 Å². The van der Waals surface area contributed by atoms with Crippen molar-refractivity contribution in [3.8, 4) is 23.0 Å². The lowest BCUT2D eigenvalue weighted by Crippen LogP contribution is -2.05. The third-order valence-corrected chi connectivity index (χ3v) is 3.76. The Bertz CT molecular complexity index is 566. The van der Waals surface area contributed by atoms with Crippen molar-refractivity contribution in [2.45, 2.75) is 25.7 Å². The summed E-state index contributed by atoms with van der Waals surface area (Å²) in [4.78, 5) is 0. The highest BCUT2D eigenvalue weighted by Crippen LogP contribution is 2.41. The Morgan fingerprint density at radius 2 is 1.00 bits per heavy atom. The molecule has 4 N–H and O–H groups in total. The first kappa shape index (κ1) is 14.1. The van der Waals surface area contributed by atoms with Crippen molar-refractivity contribution < 1.29 is 20.4 Å². The Morgan fingerprint density at radius 3 is 1.30 bits per heavy atom. The number of phenols is 4. The molecule has 2 atom stereocenters. The summed E-state index contributed by atoms with van der Waals surface area (Å²) in [5, 5.41) is 38.5. The van der Waals surface area contributed by atoms with Crippen LogP contribution in [0.3, 0.4) is 0 Å². The molecular formula is C16H18O4. The number of rotatable bonds is 3. The van der Waals surface area contributed by atoms with Crippen LogP contribution in [0.4, 0.5) is 0 Å². The van der Waals surface area contributed by atoms with Crippen LogP contribution < -0.4 is 0 Å². The van der Waals surface area contributed by atoms with Gasteiger partial charge in [-0.2, -0.15) is 0 Å². The first-order valence-corrected chi connectivity index (χ1v) is 6.44. The molecule has 0 heterocycles. The molecule has 0 unspecified atom stereocenters. The number of hydrogen-bond donors (Lipinski definition) is 4. The summed E-state index contributed by atoms with van der Waals surface area (Å²) in [6, 6.07) is 8.99. The first-order valence-electron chi connectivity index (χ1n) is 6.44. The van der Waals surface area contributed by atoms with E-state index in [1.807, 2.05) is 13.8 Å². The van der Waals surface area contributed by atoms with E-state index in [0.717, 1.165) is 0 Å². The van der Waals surface area contributed by atoms with Crippen molar-refractivity contribution >= 4 is 0 Å². The van der Waals surface area contributed by atoms with E-state index in [2.05, 4.69) is 0 Å². The minimum atomic E-state index is -0.0638. The van der Waals surface area contributed by atoms with Crippen molar-refractivity contribution in [1.82, 2.24) is 0 Å². The summed E-state index contributed by atoms with van der Waals surface area (Å²) in [6.45, 7) is 3.87. The second-order valence-electron chi connectivity index (χ2n) is 5.06. The fourth-order valence-corrected chi connectivity index (χ4v) is 2.37. The molecule has 20 heavy (non-hydrogen) atoms. The molecule has 106 valence electrons. The fourth-order valence-electron chi connectivity index (χ4n) is 2.37. The van der Waals surface area contributed by atoms with Crippen LogP contribution in [-0.2, 0) is 0 Å². The number of hydrogen-bond acceptors (Lipinski definition) is 4. The summed E-state index contributed by atoms with van der Waals surface area (Å²) in [5.41, 5.74) is 1.39. The lowest BCUT2D eigenvalue weighted by atomic mass is 9.83. The molecule has 4 heteroatoms. The number of benzene rings is 2. The normalized spacial score (nSPS) is 13.9. The van der Waals surface area contributed by atoms with E-state index in [1.54, 1.807) is 12.1 Å². The maximum Gasteiger partial charge on any atom is 0.122 e. The zero-order chi connectivity index (χ0) is 14.9. The molecule has 0 aromatic heterocycles. The smallest absolute Gasteiger partial charge is 0.122 e. The zero-order valence-electron chi connectivity index (χ0n) is 11.4. The van der Waals surface area contributed by atoms with Crippen LogP contribution >= 0.6 is 0 Å². The lowest BCUT2D eigenvalue weighted by molar-refractivity contribution is 0.428. The third kappa shape index (κ3) is 2.64. The average Bonchev–Trinajstić information content (AvgIpc) is 2.37. The van der Waals surface area contributed by atoms with E-state index < -0.39 is 0 Å². The highest BCUT2D eigenvalue weighted by atomic mass is 16.3. The molecule has 0 saturated heterocycles. The highest BCUT2D eigenvalue weighted by molar-refractivity contribution is 5.45. The van der Waals surface area contributed by atoms with Crippen LogP contribution in [0.25, 0.3) is 0 Å². The van der Waals surface area contributed by atoms with E-state index in [0.29, 0.717) is 11.1 Å². The van der Waals surface area contributed by atoms with Crippen LogP contribution in [0.15, 0.2) is 36.4 Å². The Morgan fingerprint density at radius 1 is 0.650 bits per heavy atom. The maximum atomic E-state index is 9.91. The molecule has 2 rings (SSSR count). The van der Waals surface area contributed by atoms with Gasteiger partial charge in [0, 0.05) is 12.1 Å². The van der Waals surface area contributed by atoms with Gasteiger partial charge in [-0.3, -0.25) is 0 Å². The van der Waals surface area contributed by atoms with E-state index in [-0.39, 0.29) is 34.8 Å². The first-order chi connectivity index (χ1) is 9.40. The van der Waals surface area contributed by atoms with E-state index in [4.69, 9.17) is 0 Å². The van der Waals surface area contributed by atoms with Crippen LogP contribution in [0.1, 0.15) is 36.8 Å². The second-order valence-corrected chi connectivity index (χ2v) is 5.06. The van der Waals surface area contributed by atoms with Crippen LogP contribution in [0.2, 0.25) is 0 Å². The minimum Gasteiger partial charge on any atom is -0.508 e. The third-order valence-electron chi connectivity index (χ3n) is 3.76. The van der Waals surface area contributed by atoms with Crippen molar-refractivity contribution in [2.24, 2.45) is 0 Å². The number of aromatic hydroxyl groups is 4. The zero-order valence-corrected chi connectivity index (χ0v) is 11.4. The van der Waals surface area contributed by atoms with Crippen molar-refractivity contribution in [3.05, 3.63) is 47.5 Å². The number of phenolic OH excluding ortho intramolecular Hbond substituents is 4. The van der Waals surface area contributed by atoms with Crippen LogP contribution in [-0.4, -0.2) is 20.4 Å². The molecule has 2 aromatic rings. The van der Waals surface area contributed by atoms with Crippen molar-refractivity contribution in [1.29, 1.82) is 0 Å². The van der Waals surface area contributed by atoms with Gasteiger partial charge >= 0.3 is 0 Å². The molecule has 0 amide bonds. The molecular weight excluding hydrogens is 256 g/mol. The quantitative estimate of drug-likeness (QED) is 0.691. The summed E-state index contributed by atoms with van der Waals surface area (Å²) < 4.78 is 0. The molecule has 0 aliphatic carbocycles. The molecule has 0 saturated carbocycles. The Hall–Kier alpha value is -2.36. The predicted octanol–water partition coefficient (Wildman–Crippen LogP) is 3.42. The molecule has 0 spiro atoms. The van der Waals surface area contributed by atoms with Crippen molar-refractivity contribution in [2.75, 3.05) is 0 Å². The molecule has 4 nitrogen and oxygen atoms in total. The molecule has 0 bridgehead atoms. The topological polar surface area (TPSA) is 80.9 Å². The summed E-state index contributed by atoms with van der Waals surface area (Å²) >= 11 is 0. The van der Waals surface area contributed by atoms with Gasteiger partial charge in [-0.1, -0.05) is 26.0 Å². The molecule has 0 aliphatic heterocycles. The van der Waals surface area contributed by atoms with Gasteiger partial charge in [-0.15, -0.1) is 0 Å². The van der Waals surface area contributed by atoms with Gasteiger partial charge in [0.05, 0.1) is 0 Å². The summed E-state index contributed by atoms with van der Waals surface area (Å²) in [7, 11) is 0. The van der Waals surface area contributed by atoms with Gasteiger partial charge in [0.1, 0.15) is 23.0 Å². The van der Waals surface area contributed by atoms with E-state index >= 15 is 0 Å². The monoisotopic (exact) mass is 274 g/mol. The van der Waals surface area contributed by atoms with Gasteiger partial charge in [0.15, 0.2) is 0 Å². The highest BCUT2D eigenvalue weighted by Gasteiger charge is 2.21. The van der Waals surface area contributed by atoms with Gasteiger partial charge in [0.2, 0.25) is 0 Å². The van der Waals surface area contributed by atoms with E-state index in [9.17, 15) is 20.4 Å². The second kappa shape index (κ2) is 5.33.